The third-order valence-electron chi connectivity index (χ3n) is 3.41. The van der Waals surface area contributed by atoms with Crippen molar-refractivity contribution in [3.8, 4) is 6.07 Å². The molecule has 0 heterocycles. The number of hydrogen-bond acceptors (Lipinski definition) is 2. The molecule has 0 saturated carbocycles. The SMILES string of the molecule is CC(O)CCCCCCCCCCCCCC#N. The molecule has 0 aromatic rings. The predicted molar refractivity (Wildman–Crippen MR) is 77.3 cm³/mol. The minimum atomic E-state index is -0.119. The van der Waals surface area contributed by atoms with E-state index in [-0.39, 0.29) is 6.10 Å². The van der Waals surface area contributed by atoms with Crippen LogP contribution in [0.25, 0.3) is 0 Å². The van der Waals surface area contributed by atoms with Crippen molar-refractivity contribution in [1.82, 2.24) is 0 Å². The van der Waals surface area contributed by atoms with E-state index in [0.29, 0.717) is 0 Å². The topological polar surface area (TPSA) is 44.0 Å². The predicted octanol–water partition coefficient (Wildman–Crippen LogP) is 4.96. The summed E-state index contributed by atoms with van der Waals surface area (Å²) >= 11 is 0. The lowest BCUT2D eigenvalue weighted by atomic mass is 10.0. The number of hydrogen-bond donors (Lipinski definition) is 1. The second kappa shape index (κ2) is 14.5. The summed E-state index contributed by atoms with van der Waals surface area (Å²) in [5.74, 6) is 0. The first-order valence-electron chi connectivity index (χ1n) is 7.82. The molecule has 2 nitrogen and oxygen atoms in total. The number of nitriles is 1. The fourth-order valence-electron chi connectivity index (χ4n) is 2.23. The van der Waals surface area contributed by atoms with Crippen molar-refractivity contribution in [2.75, 3.05) is 0 Å². The van der Waals surface area contributed by atoms with Gasteiger partial charge >= 0.3 is 0 Å². The molecule has 0 rings (SSSR count). The summed E-state index contributed by atoms with van der Waals surface area (Å²) in [6.45, 7) is 1.87. The van der Waals surface area contributed by atoms with Crippen LogP contribution < -0.4 is 0 Å². The molecule has 0 fully saturated rings. The van der Waals surface area contributed by atoms with Crippen LogP contribution >= 0.6 is 0 Å². The van der Waals surface area contributed by atoms with Gasteiger partial charge in [0.25, 0.3) is 0 Å². The molecule has 0 amide bonds. The third kappa shape index (κ3) is 15.4. The molecular formula is C16H31NO. The highest BCUT2D eigenvalue weighted by Gasteiger charge is 1.96. The molecule has 0 spiro atoms. The summed E-state index contributed by atoms with van der Waals surface area (Å²) < 4.78 is 0. The van der Waals surface area contributed by atoms with E-state index < -0.39 is 0 Å². The van der Waals surface area contributed by atoms with Gasteiger partial charge in [-0.3, -0.25) is 0 Å². The van der Waals surface area contributed by atoms with Gasteiger partial charge in [0.15, 0.2) is 0 Å². The monoisotopic (exact) mass is 253 g/mol. The van der Waals surface area contributed by atoms with Crippen LogP contribution in [0.5, 0.6) is 0 Å². The Morgan fingerprint density at radius 2 is 1.17 bits per heavy atom. The van der Waals surface area contributed by atoms with Crippen molar-refractivity contribution >= 4 is 0 Å². The summed E-state index contributed by atoms with van der Waals surface area (Å²) in [5, 5.41) is 17.5. The maximum atomic E-state index is 9.11. The van der Waals surface area contributed by atoms with Crippen molar-refractivity contribution in [2.45, 2.75) is 96.5 Å². The van der Waals surface area contributed by atoms with Crippen LogP contribution in [0.3, 0.4) is 0 Å². The van der Waals surface area contributed by atoms with Gasteiger partial charge < -0.3 is 5.11 Å². The Bertz CT molecular complexity index is 196. The number of aliphatic hydroxyl groups excluding tert-OH is 1. The molecule has 18 heavy (non-hydrogen) atoms. The van der Waals surface area contributed by atoms with E-state index in [0.717, 1.165) is 19.3 Å². The van der Waals surface area contributed by atoms with Crippen LogP contribution in [-0.4, -0.2) is 11.2 Å². The highest BCUT2D eigenvalue weighted by atomic mass is 16.3. The van der Waals surface area contributed by atoms with Gasteiger partial charge in [-0.05, 0) is 19.8 Å². The molecular weight excluding hydrogens is 222 g/mol. The van der Waals surface area contributed by atoms with Crippen LogP contribution in [0, 0.1) is 11.3 Å². The van der Waals surface area contributed by atoms with E-state index in [9.17, 15) is 0 Å². The van der Waals surface area contributed by atoms with E-state index in [1.54, 1.807) is 0 Å². The lowest BCUT2D eigenvalue weighted by molar-refractivity contribution is 0.180. The fraction of sp³-hybridized carbons (Fsp3) is 0.938. The lowest BCUT2D eigenvalue weighted by Gasteiger charge is -2.04. The minimum absolute atomic E-state index is 0.119. The van der Waals surface area contributed by atoms with Crippen molar-refractivity contribution in [2.24, 2.45) is 0 Å². The van der Waals surface area contributed by atoms with Crippen molar-refractivity contribution in [3.05, 3.63) is 0 Å². The lowest BCUT2D eigenvalue weighted by Crippen LogP contribution is -1.98. The van der Waals surface area contributed by atoms with Crippen LogP contribution in [0.4, 0.5) is 0 Å². The molecule has 0 radical (unpaired) electrons. The van der Waals surface area contributed by atoms with E-state index in [2.05, 4.69) is 6.07 Å². The minimum Gasteiger partial charge on any atom is -0.393 e. The van der Waals surface area contributed by atoms with Crippen LogP contribution in [0.1, 0.15) is 90.4 Å². The first-order valence-corrected chi connectivity index (χ1v) is 7.82. The molecule has 0 saturated heterocycles. The summed E-state index contributed by atoms with van der Waals surface area (Å²) in [4.78, 5) is 0. The molecule has 0 aromatic heterocycles. The van der Waals surface area contributed by atoms with Crippen LogP contribution in [0.15, 0.2) is 0 Å². The Labute approximate surface area is 113 Å². The van der Waals surface area contributed by atoms with Gasteiger partial charge in [0.2, 0.25) is 0 Å². The molecule has 0 aliphatic rings. The summed E-state index contributed by atoms with van der Waals surface area (Å²) in [5.41, 5.74) is 0. The molecule has 2 heteroatoms. The zero-order valence-corrected chi connectivity index (χ0v) is 12.2. The van der Waals surface area contributed by atoms with Gasteiger partial charge in [0, 0.05) is 6.42 Å². The molecule has 0 aliphatic heterocycles. The van der Waals surface area contributed by atoms with Crippen LogP contribution in [0.2, 0.25) is 0 Å². The largest absolute Gasteiger partial charge is 0.393 e. The van der Waals surface area contributed by atoms with E-state index in [1.807, 2.05) is 6.92 Å². The molecule has 0 aromatic carbocycles. The number of aliphatic hydroxyl groups is 1. The number of rotatable bonds is 13. The summed E-state index contributed by atoms with van der Waals surface area (Å²) in [6, 6.07) is 2.19. The Hall–Kier alpha value is -0.550. The zero-order valence-electron chi connectivity index (χ0n) is 12.2. The first-order chi connectivity index (χ1) is 8.77. The van der Waals surface area contributed by atoms with E-state index in [4.69, 9.17) is 10.4 Å². The number of unbranched alkanes of at least 4 members (excludes halogenated alkanes) is 11. The maximum absolute atomic E-state index is 9.11. The Morgan fingerprint density at radius 1 is 0.778 bits per heavy atom. The first kappa shape index (κ1) is 17.4. The summed E-state index contributed by atoms with van der Waals surface area (Å²) in [6.07, 6.45) is 15.8. The Morgan fingerprint density at radius 3 is 1.56 bits per heavy atom. The van der Waals surface area contributed by atoms with Gasteiger partial charge in [0.05, 0.1) is 12.2 Å². The van der Waals surface area contributed by atoms with Gasteiger partial charge in [-0.1, -0.05) is 64.2 Å². The van der Waals surface area contributed by atoms with E-state index >= 15 is 0 Å². The van der Waals surface area contributed by atoms with Crippen molar-refractivity contribution in [3.63, 3.8) is 0 Å². The molecule has 0 bridgehead atoms. The average Bonchev–Trinajstić information content (AvgIpc) is 2.34. The van der Waals surface area contributed by atoms with E-state index in [1.165, 1.54) is 64.2 Å². The summed E-state index contributed by atoms with van der Waals surface area (Å²) in [7, 11) is 0. The molecule has 1 N–H and O–H groups in total. The third-order valence-corrected chi connectivity index (χ3v) is 3.41. The Kier molecular flexibility index (Phi) is 14.1. The average molecular weight is 253 g/mol. The zero-order chi connectivity index (χ0) is 13.5. The fourth-order valence-corrected chi connectivity index (χ4v) is 2.23. The quantitative estimate of drug-likeness (QED) is 0.471. The Balaban J connectivity index is 2.93. The van der Waals surface area contributed by atoms with Gasteiger partial charge in [-0.15, -0.1) is 0 Å². The van der Waals surface area contributed by atoms with Crippen molar-refractivity contribution < 1.29 is 5.11 Å². The van der Waals surface area contributed by atoms with Gasteiger partial charge in [-0.25, -0.2) is 0 Å². The molecule has 1 unspecified atom stereocenters. The second-order valence-corrected chi connectivity index (χ2v) is 5.43. The highest BCUT2D eigenvalue weighted by Crippen LogP contribution is 2.12. The maximum Gasteiger partial charge on any atom is 0.0621 e. The standard InChI is InChI=1S/C16H31NO/c1-16(18)14-12-10-8-6-4-2-3-5-7-9-11-13-15-17/h16,18H,2-14H2,1H3. The second-order valence-electron chi connectivity index (χ2n) is 5.43. The normalized spacial score (nSPS) is 12.3. The smallest absolute Gasteiger partial charge is 0.0621 e. The van der Waals surface area contributed by atoms with Gasteiger partial charge in [-0.2, -0.15) is 5.26 Å². The highest BCUT2D eigenvalue weighted by molar-refractivity contribution is 4.67. The van der Waals surface area contributed by atoms with Crippen molar-refractivity contribution in [1.29, 1.82) is 5.26 Å². The number of nitrogens with zero attached hydrogens (tertiary/aromatic N) is 1. The van der Waals surface area contributed by atoms with Gasteiger partial charge in [0.1, 0.15) is 0 Å². The molecule has 0 aliphatic carbocycles. The molecule has 1 atom stereocenters. The molecule has 106 valence electrons. The van der Waals surface area contributed by atoms with Crippen LogP contribution in [-0.2, 0) is 0 Å².